The summed E-state index contributed by atoms with van der Waals surface area (Å²) in [5, 5.41) is 0. The molecule has 0 bridgehead atoms. The van der Waals surface area contributed by atoms with Crippen molar-refractivity contribution in [3.05, 3.63) is 11.6 Å². The van der Waals surface area contributed by atoms with Crippen LogP contribution in [0.2, 0.25) is 0 Å². The van der Waals surface area contributed by atoms with E-state index in [9.17, 15) is 22.8 Å². The van der Waals surface area contributed by atoms with Crippen molar-refractivity contribution in [3.8, 4) is 11.8 Å². The first-order chi connectivity index (χ1) is 9.68. The standard InChI is InChI=1S/C11H11F3N2O5/c1-19-6-3-5(8(15)9(16-6)20-2)4-7(17)21-10(18)11(12,13)14/h3H,4,15H2,1-2H3. The number of nitrogens with two attached hydrogens (primary N) is 1. The molecule has 0 amide bonds. The van der Waals surface area contributed by atoms with E-state index in [1.54, 1.807) is 0 Å². The van der Waals surface area contributed by atoms with E-state index in [-0.39, 0.29) is 23.0 Å². The fourth-order valence-corrected chi connectivity index (χ4v) is 1.32. The van der Waals surface area contributed by atoms with Crippen molar-refractivity contribution < 1.29 is 37.0 Å². The number of esters is 2. The Hall–Kier alpha value is -2.52. The maximum atomic E-state index is 12.0. The molecule has 0 aliphatic carbocycles. The van der Waals surface area contributed by atoms with Crippen molar-refractivity contribution in [3.63, 3.8) is 0 Å². The van der Waals surface area contributed by atoms with Gasteiger partial charge in [-0.2, -0.15) is 18.2 Å². The van der Waals surface area contributed by atoms with Gasteiger partial charge >= 0.3 is 18.1 Å². The molecule has 0 atom stereocenters. The van der Waals surface area contributed by atoms with Crippen LogP contribution in [0.3, 0.4) is 0 Å². The molecule has 0 saturated heterocycles. The lowest BCUT2D eigenvalue weighted by molar-refractivity contribution is -0.201. The van der Waals surface area contributed by atoms with Crippen LogP contribution < -0.4 is 15.2 Å². The van der Waals surface area contributed by atoms with E-state index in [2.05, 4.69) is 9.72 Å². The number of halogens is 3. The highest BCUT2D eigenvalue weighted by Gasteiger charge is 2.42. The van der Waals surface area contributed by atoms with Crippen LogP contribution in [0.5, 0.6) is 11.8 Å². The summed E-state index contributed by atoms with van der Waals surface area (Å²) in [6, 6.07) is 1.22. The molecular formula is C11H11F3N2O5. The van der Waals surface area contributed by atoms with Crippen LogP contribution in [0, 0.1) is 0 Å². The van der Waals surface area contributed by atoms with Gasteiger partial charge in [-0.3, -0.25) is 4.79 Å². The van der Waals surface area contributed by atoms with Crippen LogP contribution in [0.25, 0.3) is 0 Å². The minimum atomic E-state index is -5.26. The van der Waals surface area contributed by atoms with Crippen molar-refractivity contribution in [1.29, 1.82) is 0 Å². The molecule has 0 spiro atoms. The second kappa shape index (κ2) is 6.29. The SMILES string of the molecule is COc1cc(CC(=O)OC(=O)C(F)(F)F)c(N)c(OC)n1. The molecule has 116 valence electrons. The number of alkyl halides is 3. The zero-order valence-electron chi connectivity index (χ0n) is 11.0. The fraction of sp³-hybridized carbons (Fsp3) is 0.364. The molecule has 0 unspecified atom stereocenters. The fourth-order valence-electron chi connectivity index (χ4n) is 1.32. The third kappa shape index (κ3) is 4.23. The summed E-state index contributed by atoms with van der Waals surface area (Å²) < 4.78 is 49.2. The van der Waals surface area contributed by atoms with Crippen LogP contribution in [-0.4, -0.2) is 37.3 Å². The molecule has 21 heavy (non-hydrogen) atoms. The minimum Gasteiger partial charge on any atom is -0.481 e. The van der Waals surface area contributed by atoms with Gasteiger partial charge in [0.15, 0.2) is 0 Å². The predicted octanol–water partition coefficient (Wildman–Crippen LogP) is 0.856. The zero-order chi connectivity index (χ0) is 16.2. The first-order valence-electron chi connectivity index (χ1n) is 5.38. The number of nitrogen functional groups attached to an aromatic ring is 1. The molecule has 1 rings (SSSR count). The number of hydrogen-bond donors (Lipinski definition) is 1. The van der Waals surface area contributed by atoms with E-state index >= 15 is 0 Å². The lowest BCUT2D eigenvalue weighted by atomic mass is 10.1. The molecule has 1 aromatic rings. The molecule has 0 saturated carbocycles. The number of anilines is 1. The number of carbonyl (C=O) groups excluding carboxylic acids is 2. The average Bonchev–Trinajstić information content (AvgIpc) is 2.39. The van der Waals surface area contributed by atoms with Gasteiger partial charge in [0.05, 0.1) is 26.3 Å². The Morgan fingerprint density at radius 3 is 2.38 bits per heavy atom. The highest BCUT2D eigenvalue weighted by atomic mass is 19.4. The molecule has 10 heteroatoms. The third-order valence-electron chi connectivity index (χ3n) is 2.26. The average molecular weight is 308 g/mol. The van der Waals surface area contributed by atoms with Gasteiger partial charge in [-0.25, -0.2) is 4.79 Å². The first-order valence-corrected chi connectivity index (χ1v) is 5.38. The van der Waals surface area contributed by atoms with E-state index < -0.39 is 24.5 Å². The van der Waals surface area contributed by atoms with E-state index in [4.69, 9.17) is 15.2 Å². The van der Waals surface area contributed by atoms with Crippen molar-refractivity contribution in [1.82, 2.24) is 4.98 Å². The number of hydrogen-bond acceptors (Lipinski definition) is 7. The largest absolute Gasteiger partial charge is 0.491 e. The van der Waals surface area contributed by atoms with Crippen molar-refractivity contribution >= 4 is 17.6 Å². The number of ether oxygens (including phenoxy) is 3. The van der Waals surface area contributed by atoms with E-state index in [1.165, 1.54) is 20.3 Å². The molecular weight excluding hydrogens is 297 g/mol. The lowest BCUT2D eigenvalue weighted by Crippen LogP contribution is -2.28. The summed E-state index contributed by atoms with van der Waals surface area (Å²) in [5.74, 6) is -4.05. The molecule has 0 fully saturated rings. The normalized spacial score (nSPS) is 10.9. The Morgan fingerprint density at radius 2 is 1.90 bits per heavy atom. The maximum Gasteiger partial charge on any atom is 0.491 e. The molecule has 1 aromatic heterocycles. The Bertz CT molecular complexity index is 560. The molecule has 2 N–H and O–H groups in total. The maximum absolute atomic E-state index is 12.0. The van der Waals surface area contributed by atoms with Gasteiger partial charge in [-0.1, -0.05) is 0 Å². The highest BCUT2D eigenvalue weighted by molar-refractivity contribution is 5.90. The summed E-state index contributed by atoms with van der Waals surface area (Å²) in [6.07, 6.45) is -5.93. The van der Waals surface area contributed by atoms with Gasteiger partial charge in [-0.15, -0.1) is 0 Å². The summed E-state index contributed by atoms with van der Waals surface area (Å²) in [5.41, 5.74) is 5.60. The third-order valence-corrected chi connectivity index (χ3v) is 2.26. The van der Waals surface area contributed by atoms with Crippen LogP contribution in [0.15, 0.2) is 6.07 Å². The van der Waals surface area contributed by atoms with Gasteiger partial charge in [0.1, 0.15) is 0 Å². The zero-order valence-corrected chi connectivity index (χ0v) is 11.0. The van der Waals surface area contributed by atoms with E-state index in [0.717, 1.165) is 0 Å². The van der Waals surface area contributed by atoms with Crippen LogP contribution in [0.1, 0.15) is 5.56 Å². The summed E-state index contributed by atoms with van der Waals surface area (Å²) in [4.78, 5) is 25.7. The number of carbonyl (C=O) groups is 2. The summed E-state index contributed by atoms with van der Waals surface area (Å²) in [7, 11) is 2.54. The Balaban J connectivity index is 2.92. The van der Waals surface area contributed by atoms with Gasteiger partial charge < -0.3 is 19.9 Å². The topological polar surface area (TPSA) is 101 Å². The molecule has 0 aliphatic rings. The second-order valence-corrected chi connectivity index (χ2v) is 3.68. The molecule has 7 nitrogen and oxygen atoms in total. The van der Waals surface area contributed by atoms with Gasteiger partial charge in [0.25, 0.3) is 0 Å². The number of rotatable bonds is 4. The van der Waals surface area contributed by atoms with Crippen LogP contribution in [-0.2, 0) is 20.7 Å². The van der Waals surface area contributed by atoms with Gasteiger partial charge in [-0.05, 0) is 5.56 Å². The van der Waals surface area contributed by atoms with Gasteiger partial charge in [0.2, 0.25) is 11.8 Å². The van der Waals surface area contributed by atoms with Crippen molar-refractivity contribution in [2.75, 3.05) is 20.0 Å². The number of pyridine rings is 1. The quantitative estimate of drug-likeness (QED) is 0.650. The van der Waals surface area contributed by atoms with E-state index in [0.29, 0.717) is 0 Å². The molecule has 1 heterocycles. The number of aromatic nitrogens is 1. The van der Waals surface area contributed by atoms with Crippen LogP contribution >= 0.6 is 0 Å². The summed E-state index contributed by atoms with van der Waals surface area (Å²) >= 11 is 0. The van der Waals surface area contributed by atoms with Crippen molar-refractivity contribution in [2.45, 2.75) is 12.6 Å². The lowest BCUT2D eigenvalue weighted by Gasteiger charge is -2.11. The Kier molecular flexibility index (Phi) is 4.95. The van der Waals surface area contributed by atoms with Gasteiger partial charge in [0, 0.05) is 6.07 Å². The number of nitrogens with zero attached hydrogens (tertiary/aromatic N) is 1. The second-order valence-electron chi connectivity index (χ2n) is 3.68. The summed E-state index contributed by atoms with van der Waals surface area (Å²) in [6.45, 7) is 0. The Labute approximate surface area is 116 Å². The Morgan fingerprint density at radius 1 is 1.29 bits per heavy atom. The monoisotopic (exact) mass is 308 g/mol. The minimum absolute atomic E-state index is 0.0333. The highest BCUT2D eigenvalue weighted by Crippen LogP contribution is 2.28. The predicted molar refractivity (Wildman–Crippen MR) is 62.6 cm³/mol. The van der Waals surface area contributed by atoms with E-state index in [1.807, 2.05) is 0 Å². The van der Waals surface area contributed by atoms with Crippen LogP contribution in [0.4, 0.5) is 18.9 Å². The first kappa shape index (κ1) is 16.5. The molecule has 0 aromatic carbocycles. The smallest absolute Gasteiger partial charge is 0.481 e. The molecule has 0 aliphatic heterocycles. The van der Waals surface area contributed by atoms with Crippen molar-refractivity contribution in [2.24, 2.45) is 0 Å². The number of methoxy groups -OCH3 is 2. The molecule has 0 radical (unpaired) electrons.